The summed E-state index contributed by atoms with van der Waals surface area (Å²) in [5.41, 5.74) is 5.32. The summed E-state index contributed by atoms with van der Waals surface area (Å²) >= 11 is 0. The van der Waals surface area contributed by atoms with Crippen LogP contribution in [-0.2, 0) is 32.7 Å². The monoisotopic (exact) mass is 675 g/mol. The van der Waals surface area contributed by atoms with Gasteiger partial charge in [-0.2, -0.15) is 0 Å². The fraction of sp³-hybridized carbons (Fsp3) is 0.889. The molecule has 0 aromatic rings. The van der Waals surface area contributed by atoms with E-state index in [2.05, 4.69) is 26.0 Å². The topological polar surface area (TPSA) is 134 Å². The Hall–Kier alpha value is -1.25. The first-order valence-corrected chi connectivity index (χ1v) is 20.2. The van der Waals surface area contributed by atoms with Crippen LogP contribution in [0.25, 0.3) is 0 Å². The van der Waals surface area contributed by atoms with Crippen LogP contribution in [0.1, 0.15) is 174 Å². The van der Waals surface area contributed by atoms with Gasteiger partial charge in [-0.05, 0) is 38.5 Å². The number of ether oxygens (including phenoxy) is 2. The molecule has 2 atom stereocenters. The van der Waals surface area contributed by atoms with E-state index in [9.17, 15) is 19.0 Å². The smallest absolute Gasteiger partial charge is 0.462 e. The summed E-state index contributed by atoms with van der Waals surface area (Å²) in [4.78, 5) is 34.6. The lowest BCUT2D eigenvalue weighted by Gasteiger charge is -2.19. The molecule has 0 bridgehead atoms. The molecule has 10 heteroatoms. The molecule has 0 spiro atoms. The Labute approximate surface area is 281 Å². The number of hydrogen-bond donors (Lipinski definition) is 2. The molecule has 0 aliphatic heterocycles. The van der Waals surface area contributed by atoms with Gasteiger partial charge in [0.1, 0.15) is 6.61 Å². The van der Waals surface area contributed by atoms with Gasteiger partial charge in [0.15, 0.2) is 6.10 Å². The number of phosphoric ester groups is 1. The lowest BCUT2D eigenvalue weighted by Crippen LogP contribution is -2.29. The third-order valence-corrected chi connectivity index (χ3v) is 8.89. The SMILES string of the molecule is CCCCCCC/C=C/CCCCCCCC(=O)O[C@H](COC(=O)CCCCCCCCCCCCC)COP(=O)(O)OCCN. The number of allylic oxidation sites excluding steroid dienone is 2. The van der Waals surface area contributed by atoms with Crippen molar-refractivity contribution in [2.24, 2.45) is 5.73 Å². The van der Waals surface area contributed by atoms with Crippen LogP contribution in [0.4, 0.5) is 0 Å². The number of phosphoric acid groups is 1. The van der Waals surface area contributed by atoms with Crippen molar-refractivity contribution in [2.45, 2.75) is 180 Å². The van der Waals surface area contributed by atoms with E-state index in [1.807, 2.05) is 0 Å². The molecule has 272 valence electrons. The number of unbranched alkanes of at least 4 members (excludes halogenated alkanes) is 20. The molecule has 0 saturated heterocycles. The van der Waals surface area contributed by atoms with Gasteiger partial charge < -0.3 is 20.1 Å². The summed E-state index contributed by atoms with van der Waals surface area (Å²) in [6.07, 6.45) is 30.9. The number of rotatable bonds is 35. The largest absolute Gasteiger partial charge is 0.472 e. The van der Waals surface area contributed by atoms with Gasteiger partial charge in [0.2, 0.25) is 0 Å². The molecular formula is C36H70NO8P. The van der Waals surface area contributed by atoms with Crippen LogP contribution in [0.5, 0.6) is 0 Å². The van der Waals surface area contributed by atoms with E-state index in [1.165, 1.54) is 89.9 Å². The molecule has 0 radical (unpaired) electrons. The van der Waals surface area contributed by atoms with Crippen LogP contribution in [0.2, 0.25) is 0 Å². The lowest BCUT2D eigenvalue weighted by atomic mass is 10.1. The summed E-state index contributed by atoms with van der Waals surface area (Å²) in [7, 11) is -4.36. The zero-order valence-corrected chi connectivity index (χ0v) is 30.5. The summed E-state index contributed by atoms with van der Waals surface area (Å²) in [6.45, 7) is 3.70. The number of hydrogen-bond acceptors (Lipinski definition) is 8. The first-order valence-electron chi connectivity index (χ1n) is 18.7. The van der Waals surface area contributed by atoms with E-state index in [1.54, 1.807) is 0 Å². The lowest BCUT2D eigenvalue weighted by molar-refractivity contribution is -0.161. The maximum atomic E-state index is 12.5. The van der Waals surface area contributed by atoms with E-state index >= 15 is 0 Å². The average molecular weight is 676 g/mol. The first kappa shape index (κ1) is 44.8. The van der Waals surface area contributed by atoms with Crippen molar-refractivity contribution in [3.63, 3.8) is 0 Å². The molecule has 0 aliphatic rings. The molecular weight excluding hydrogens is 605 g/mol. The van der Waals surface area contributed by atoms with Gasteiger partial charge in [0.25, 0.3) is 0 Å². The zero-order chi connectivity index (χ0) is 34.0. The molecule has 46 heavy (non-hydrogen) atoms. The fourth-order valence-corrected chi connectivity index (χ4v) is 5.86. The van der Waals surface area contributed by atoms with E-state index in [-0.39, 0.29) is 38.6 Å². The molecule has 3 N–H and O–H groups in total. The van der Waals surface area contributed by atoms with Gasteiger partial charge in [-0.15, -0.1) is 0 Å². The summed E-state index contributed by atoms with van der Waals surface area (Å²) in [5, 5.41) is 0. The number of esters is 2. The molecule has 0 heterocycles. The van der Waals surface area contributed by atoms with Gasteiger partial charge in [-0.25, -0.2) is 4.57 Å². The highest BCUT2D eigenvalue weighted by molar-refractivity contribution is 7.47. The number of carbonyl (C=O) groups is 2. The second-order valence-electron chi connectivity index (χ2n) is 12.4. The van der Waals surface area contributed by atoms with Crippen molar-refractivity contribution in [3.05, 3.63) is 12.2 Å². The van der Waals surface area contributed by atoms with Crippen molar-refractivity contribution in [1.82, 2.24) is 0 Å². The highest BCUT2D eigenvalue weighted by Crippen LogP contribution is 2.43. The van der Waals surface area contributed by atoms with Crippen LogP contribution in [0.3, 0.4) is 0 Å². The predicted molar refractivity (Wildman–Crippen MR) is 188 cm³/mol. The van der Waals surface area contributed by atoms with Crippen LogP contribution in [0.15, 0.2) is 12.2 Å². The van der Waals surface area contributed by atoms with E-state index < -0.39 is 26.5 Å². The van der Waals surface area contributed by atoms with Crippen LogP contribution < -0.4 is 5.73 Å². The highest BCUT2D eigenvalue weighted by Gasteiger charge is 2.25. The normalized spacial score (nSPS) is 13.6. The van der Waals surface area contributed by atoms with Gasteiger partial charge in [0.05, 0.1) is 13.2 Å². The first-order chi connectivity index (χ1) is 22.3. The maximum absolute atomic E-state index is 12.5. The Morgan fingerprint density at radius 3 is 1.54 bits per heavy atom. The Morgan fingerprint density at radius 1 is 0.630 bits per heavy atom. The third kappa shape index (κ3) is 32.7. The fourth-order valence-electron chi connectivity index (χ4n) is 5.10. The van der Waals surface area contributed by atoms with E-state index in [0.717, 1.165) is 51.4 Å². The molecule has 9 nitrogen and oxygen atoms in total. The van der Waals surface area contributed by atoms with Gasteiger partial charge in [-0.1, -0.05) is 135 Å². The van der Waals surface area contributed by atoms with Crippen LogP contribution in [0, 0.1) is 0 Å². The second kappa shape index (κ2) is 33.6. The predicted octanol–water partition coefficient (Wildman–Crippen LogP) is 9.88. The van der Waals surface area contributed by atoms with E-state index in [4.69, 9.17) is 24.3 Å². The third-order valence-electron chi connectivity index (χ3n) is 7.90. The average Bonchev–Trinajstić information content (AvgIpc) is 3.04. The van der Waals surface area contributed by atoms with Gasteiger partial charge >= 0.3 is 19.8 Å². The minimum Gasteiger partial charge on any atom is -0.462 e. The standard InChI is InChI=1S/C36H70NO8P/c1-3-5-7-9-11-13-15-16-17-19-21-23-25-27-29-36(39)45-34(33-44-46(40,41)43-31-30-37)32-42-35(38)28-26-24-22-20-18-14-12-10-8-6-4-2/h15-16,34H,3-14,17-33,37H2,1-2H3,(H,40,41)/b16-15+/t34-/m1/s1. The Bertz CT molecular complexity index is 779. The maximum Gasteiger partial charge on any atom is 0.472 e. The van der Waals surface area contributed by atoms with Gasteiger partial charge in [-0.3, -0.25) is 18.6 Å². The van der Waals surface area contributed by atoms with Crippen molar-refractivity contribution in [2.75, 3.05) is 26.4 Å². The van der Waals surface area contributed by atoms with Crippen molar-refractivity contribution in [1.29, 1.82) is 0 Å². The highest BCUT2D eigenvalue weighted by atomic mass is 31.2. The summed E-state index contributed by atoms with van der Waals surface area (Å²) in [5.74, 6) is -0.835. The van der Waals surface area contributed by atoms with E-state index in [0.29, 0.717) is 6.42 Å². The van der Waals surface area contributed by atoms with Crippen molar-refractivity contribution >= 4 is 19.8 Å². The zero-order valence-electron chi connectivity index (χ0n) is 29.6. The minimum atomic E-state index is -4.36. The Morgan fingerprint density at radius 2 is 1.07 bits per heavy atom. The van der Waals surface area contributed by atoms with Gasteiger partial charge in [0, 0.05) is 19.4 Å². The molecule has 0 amide bonds. The minimum absolute atomic E-state index is 0.0544. The Balaban J connectivity index is 4.24. The molecule has 0 fully saturated rings. The molecule has 0 aliphatic carbocycles. The van der Waals surface area contributed by atoms with Crippen molar-refractivity contribution in [3.8, 4) is 0 Å². The summed E-state index contributed by atoms with van der Waals surface area (Å²) < 4.78 is 32.6. The second-order valence-corrected chi connectivity index (χ2v) is 13.9. The Kier molecular flexibility index (Phi) is 32.7. The molecule has 0 saturated carbocycles. The number of nitrogens with two attached hydrogens (primary N) is 1. The van der Waals surface area contributed by atoms with Crippen molar-refractivity contribution < 1.29 is 37.6 Å². The molecule has 0 aromatic carbocycles. The molecule has 1 unspecified atom stereocenters. The number of carbonyl (C=O) groups excluding carboxylic acids is 2. The van der Waals surface area contributed by atoms with Crippen LogP contribution >= 0.6 is 7.82 Å². The van der Waals surface area contributed by atoms with Crippen LogP contribution in [-0.4, -0.2) is 49.3 Å². The molecule has 0 aromatic heterocycles. The summed E-state index contributed by atoms with van der Waals surface area (Å²) in [6, 6.07) is 0. The molecule has 0 rings (SSSR count). The quantitative estimate of drug-likeness (QED) is 0.0291.